The third-order valence-corrected chi connectivity index (χ3v) is 4.81. The van der Waals surface area contributed by atoms with Gasteiger partial charge >= 0.3 is 6.18 Å². The van der Waals surface area contributed by atoms with Gasteiger partial charge in [0.2, 0.25) is 0 Å². The Morgan fingerprint density at radius 3 is 2.28 bits per heavy atom. The summed E-state index contributed by atoms with van der Waals surface area (Å²) in [6.07, 6.45) is -5.17. The summed E-state index contributed by atoms with van der Waals surface area (Å²) in [5, 5.41) is -0.392. The first kappa shape index (κ1) is 17.5. The second-order valence-corrected chi connectivity index (χ2v) is 6.84. The topological polar surface area (TPSA) is 32.7 Å². The predicted molar refractivity (Wildman–Crippen MR) is 94.0 cm³/mol. The van der Waals surface area contributed by atoms with E-state index in [2.05, 4.69) is 4.99 Å². The molecule has 2 aromatic carbocycles. The van der Waals surface area contributed by atoms with Crippen LogP contribution in [0.15, 0.2) is 65.7 Å². The zero-order valence-electron chi connectivity index (χ0n) is 13.1. The number of rotatable bonds is 3. The molecule has 0 aromatic heterocycles. The highest BCUT2D eigenvalue weighted by molar-refractivity contribution is 8.15. The Balaban J connectivity index is 1.88. The van der Waals surface area contributed by atoms with Crippen molar-refractivity contribution >= 4 is 28.5 Å². The van der Waals surface area contributed by atoms with Gasteiger partial charge in [-0.2, -0.15) is 18.2 Å². The van der Waals surface area contributed by atoms with E-state index in [1.54, 1.807) is 59.5 Å². The molecule has 1 unspecified atom stereocenters. The minimum absolute atomic E-state index is 0.162. The number of amidine groups is 1. The summed E-state index contributed by atoms with van der Waals surface area (Å²) in [5.41, 5.74) is 1.13. The fourth-order valence-electron chi connectivity index (χ4n) is 2.54. The molecule has 0 saturated carbocycles. The van der Waals surface area contributed by atoms with Crippen LogP contribution in [0.5, 0.6) is 0 Å². The lowest BCUT2D eigenvalue weighted by Gasteiger charge is -2.18. The zero-order chi connectivity index (χ0) is 17.9. The van der Waals surface area contributed by atoms with Crippen LogP contribution >= 0.6 is 11.8 Å². The third kappa shape index (κ3) is 4.63. The number of thioether (sulfide) groups is 1. The zero-order valence-corrected chi connectivity index (χ0v) is 13.9. The van der Waals surface area contributed by atoms with E-state index in [4.69, 9.17) is 0 Å². The van der Waals surface area contributed by atoms with Crippen molar-refractivity contribution in [3.63, 3.8) is 0 Å². The number of anilines is 1. The van der Waals surface area contributed by atoms with E-state index in [1.807, 2.05) is 6.07 Å². The molecule has 130 valence electrons. The minimum Gasteiger partial charge on any atom is -0.320 e. The fourth-order valence-corrected chi connectivity index (χ4v) is 3.78. The number of amides is 1. The summed E-state index contributed by atoms with van der Waals surface area (Å²) in [4.78, 5) is 18.1. The molecule has 1 aliphatic heterocycles. The van der Waals surface area contributed by atoms with Crippen LogP contribution in [0.4, 0.5) is 18.9 Å². The normalized spacial score (nSPS) is 19.4. The van der Waals surface area contributed by atoms with Crippen molar-refractivity contribution in [1.29, 1.82) is 0 Å². The van der Waals surface area contributed by atoms with Crippen molar-refractivity contribution in [2.45, 2.75) is 17.8 Å². The van der Waals surface area contributed by atoms with Gasteiger partial charge in [-0.15, -0.1) is 0 Å². The number of halogens is 3. The van der Waals surface area contributed by atoms with Crippen molar-refractivity contribution in [1.82, 2.24) is 0 Å². The lowest BCUT2D eigenvalue weighted by Crippen LogP contribution is -2.27. The number of hydrogen-bond donors (Lipinski definition) is 0. The van der Waals surface area contributed by atoms with E-state index >= 15 is 0 Å². The molecule has 1 atom stereocenters. The molecular formula is C18H15F3N2OS. The molecule has 3 nitrogen and oxygen atoms in total. The Morgan fingerprint density at radius 2 is 1.68 bits per heavy atom. The summed E-state index contributed by atoms with van der Waals surface area (Å²) in [6, 6.07) is 17.5. The van der Waals surface area contributed by atoms with Crippen LogP contribution in [0.2, 0.25) is 0 Å². The van der Waals surface area contributed by atoms with E-state index in [0.717, 1.165) is 17.4 Å². The molecule has 0 bridgehead atoms. The van der Waals surface area contributed by atoms with Gasteiger partial charge in [0.15, 0.2) is 5.17 Å². The quantitative estimate of drug-likeness (QED) is 0.787. The monoisotopic (exact) mass is 364 g/mol. The molecule has 0 N–H and O–H groups in total. The Bertz CT molecular complexity index is 763. The van der Waals surface area contributed by atoms with E-state index in [0.29, 0.717) is 10.7 Å². The molecule has 0 radical (unpaired) electrons. The number of nitrogens with zero attached hydrogens (tertiary/aromatic N) is 2. The van der Waals surface area contributed by atoms with E-state index in [-0.39, 0.29) is 6.54 Å². The number of carbonyl (C=O) groups excluding carboxylic acids is 1. The van der Waals surface area contributed by atoms with Crippen molar-refractivity contribution in [2.75, 3.05) is 11.4 Å². The van der Waals surface area contributed by atoms with Crippen LogP contribution in [-0.4, -0.2) is 29.0 Å². The van der Waals surface area contributed by atoms with Crippen molar-refractivity contribution < 1.29 is 18.0 Å². The van der Waals surface area contributed by atoms with Gasteiger partial charge in [-0.25, -0.2) is 0 Å². The molecule has 1 amide bonds. The van der Waals surface area contributed by atoms with Crippen LogP contribution in [0.1, 0.15) is 16.8 Å². The molecule has 1 aliphatic rings. The molecule has 1 saturated heterocycles. The molecule has 3 rings (SSSR count). The van der Waals surface area contributed by atoms with Gasteiger partial charge in [-0.3, -0.25) is 4.79 Å². The van der Waals surface area contributed by atoms with Gasteiger partial charge in [0.05, 0.1) is 6.42 Å². The van der Waals surface area contributed by atoms with E-state index in [1.165, 1.54) is 0 Å². The molecule has 7 heteroatoms. The number of para-hydroxylation sites is 1. The summed E-state index contributed by atoms with van der Waals surface area (Å²) < 4.78 is 38.3. The Labute approximate surface area is 147 Å². The van der Waals surface area contributed by atoms with Gasteiger partial charge < -0.3 is 4.90 Å². The molecule has 2 aromatic rings. The number of aliphatic imine (C=N–C) groups is 1. The molecule has 0 aliphatic carbocycles. The highest BCUT2D eigenvalue weighted by atomic mass is 32.2. The average Bonchev–Trinajstić information content (AvgIpc) is 2.96. The Hall–Kier alpha value is -2.28. The first-order chi connectivity index (χ1) is 11.9. The molecule has 1 heterocycles. The molecule has 25 heavy (non-hydrogen) atoms. The average molecular weight is 364 g/mol. The van der Waals surface area contributed by atoms with Crippen LogP contribution in [0.25, 0.3) is 0 Å². The van der Waals surface area contributed by atoms with Crippen molar-refractivity contribution in [3.8, 4) is 0 Å². The van der Waals surface area contributed by atoms with Crippen LogP contribution in [-0.2, 0) is 0 Å². The molecule has 1 fully saturated rings. The number of hydrogen-bond acceptors (Lipinski definition) is 2. The van der Waals surface area contributed by atoms with Crippen molar-refractivity contribution in [2.24, 2.45) is 4.99 Å². The maximum atomic E-state index is 12.8. The van der Waals surface area contributed by atoms with Gasteiger partial charge in [-0.1, -0.05) is 48.2 Å². The first-order valence-corrected chi connectivity index (χ1v) is 8.54. The second-order valence-electron chi connectivity index (χ2n) is 5.57. The highest BCUT2D eigenvalue weighted by Crippen LogP contribution is 2.37. The molecular weight excluding hydrogens is 349 g/mol. The standard InChI is InChI=1S/C18H15F3N2OS/c19-18(20,21)11-15-12-23(14-9-5-2-6-10-14)17(25-15)22-16(24)13-7-3-1-4-8-13/h1-10,15H,11-12H2. The van der Waals surface area contributed by atoms with Gasteiger partial charge in [0.25, 0.3) is 5.91 Å². The van der Waals surface area contributed by atoms with Crippen molar-refractivity contribution in [3.05, 3.63) is 66.2 Å². The SMILES string of the molecule is O=C(N=C1SC(CC(F)(F)F)CN1c1ccccc1)c1ccccc1. The van der Waals surface area contributed by atoms with Crippen LogP contribution in [0.3, 0.4) is 0 Å². The van der Waals surface area contributed by atoms with Gasteiger partial charge in [-0.05, 0) is 24.3 Å². The first-order valence-electron chi connectivity index (χ1n) is 7.66. The maximum Gasteiger partial charge on any atom is 0.390 e. The second kappa shape index (κ2) is 7.31. The fraction of sp³-hybridized carbons (Fsp3) is 0.222. The lowest BCUT2D eigenvalue weighted by molar-refractivity contribution is -0.133. The number of benzene rings is 2. The smallest absolute Gasteiger partial charge is 0.320 e. The summed E-state index contributed by atoms with van der Waals surface area (Å²) in [6.45, 7) is 0.162. The summed E-state index contributed by atoms with van der Waals surface area (Å²) >= 11 is 0.999. The van der Waals surface area contributed by atoms with E-state index in [9.17, 15) is 18.0 Å². The maximum absolute atomic E-state index is 12.8. The largest absolute Gasteiger partial charge is 0.390 e. The van der Waals surface area contributed by atoms with Crippen LogP contribution < -0.4 is 4.90 Å². The minimum atomic E-state index is -4.25. The Morgan fingerprint density at radius 1 is 1.08 bits per heavy atom. The lowest BCUT2D eigenvalue weighted by atomic mass is 10.2. The molecule has 0 spiro atoms. The highest BCUT2D eigenvalue weighted by Gasteiger charge is 2.39. The summed E-state index contributed by atoms with van der Waals surface area (Å²) in [7, 11) is 0. The van der Waals surface area contributed by atoms with Crippen LogP contribution in [0, 0.1) is 0 Å². The van der Waals surface area contributed by atoms with Gasteiger partial charge in [0, 0.05) is 23.0 Å². The summed E-state index contributed by atoms with van der Waals surface area (Å²) in [5.74, 6) is -0.461. The number of alkyl halides is 3. The third-order valence-electron chi connectivity index (χ3n) is 3.63. The number of carbonyl (C=O) groups is 1. The predicted octanol–water partition coefficient (Wildman–Crippen LogP) is 4.76. The van der Waals surface area contributed by atoms with E-state index < -0.39 is 23.8 Å². The Kier molecular flexibility index (Phi) is 5.13. The van der Waals surface area contributed by atoms with Gasteiger partial charge in [0.1, 0.15) is 0 Å².